The Bertz CT molecular complexity index is 1040. The van der Waals surface area contributed by atoms with Crippen molar-refractivity contribution in [3.8, 4) is 5.75 Å². The van der Waals surface area contributed by atoms with Gasteiger partial charge < -0.3 is 15.0 Å². The minimum absolute atomic E-state index is 0.0836. The molecule has 1 N–H and O–H groups in total. The number of nitrogens with zero attached hydrogens (tertiary/aromatic N) is 1. The van der Waals surface area contributed by atoms with E-state index < -0.39 is 0 Å². The highest BCUT2D eigenvalue weighted by Gasteiger charge is 2.25. The van der Waals surface area contributed by atoms with Crippen molar-refractivity contribution in [3.63, 3.8) is 0 Å². The second-order valence-corrected chi connectivity index (χ2v) is 6.95. The van der Waals surface area contributed by atoms with Gasteiger partial charge in [0.05, 0.1) is 7.11 Å². The fourth-order valence-electron chi connectivity index (χ4n) is 3.53. The summed E-state index contributed by atoms with van der Waals surface area (Å²) in [6.07, 6.45) is 0.851. The van der Waals surface area contributed by atoms with Gasteiger partial charge in [-0.1, -0.05) is 36.4 Å². The lowest BCUT2D eigenvalue weighted by molar-refractivity contribution is 0.0951. The monoisotopic (exact) mass is 386 g/mol. The second-order valence-electron chi connectivity index (χ2n) is 6.95. The molecule has 3 aromatic rings. The van der Waals surface area contributed by atoms with Crippen molar-refractivity contribution in [2.75, 3.05) is 18.6 Å². The molecule has 4 rings (SSSR count). The molecule has 0 saturated heterocycles. The largest absolute Gasteiger partial charge is 0.497 e. The summed E-state index contributed by atoms with van der Waals surface area (Å²) in [5.74, 6) is 0.479. The molecule has 0 spiro atoms. The molecule has 1 aliphatic heterocycles. The molecule has 3 aromatic carbocycles. The maximum atomic E-state index is 13.0. The molecule has 0 saturated carbocycles. The molecule has 1 aliphatic rings. The number of carbonyl (C=O) groups is 2. The van der Waals surface area contributed by atoms with Crippen LogP contribution in [-0.4, -0.2) is 25.5 Å². The van der Waals surface area contributed by atoms with E-state index in [-0.39, 0.29) is 11.8 Å². The molecular formula is C24H22N2O3. The van der Waals surface area contributed by atoms with Gasteiger partial charge in [0.25, 0.3) is 11.8 Å². The van der Waals surface area contributed by atoms with Gasteiger partial charge in [-0.2, -0.15) is 0 Å². The Morgan fingerprint density at radius 1 is 0.966 bits per heavy atom. The summed E-state index contributed by atoms with van der Waals surface area (Å²) in [5, 5.41) is 2.90. The van der Waals surface area contributed by atoms with E-state index in [9.17, 15) is 9.59 Å². The number of hydrogen-bond donors (Lipinski definition) is 1. The predicted molar refractivity (Wildman–Crippen MR) is 112 cm³/mol. The summed E-state index contributed by atoms with van der Waals surface area (Å²) in [5.41, 5.74) is 4.08. The molecule has 2 amide bonds. The van der Waals surface area contributed by atoms with E-state index in [2.05, 4.69) is 5.32 Å². The maximum absolute atomic E-state index is 13.0. The number of ether oxygens (including phenoxy) is 1. The summed E-state index contributed by atoms with van der Waals surface area (Å²) in [6, 6.07) is 22.3. The number of benzene rings is 3. The zero-order valence-electron chi connectivity index (χ0n) is 16.2. The number of hydrogen-bond acceptors (Lipinski definition) is 3. The molecule has 0 atom stereocenters. The number of fused-ring (bicyclic) bond motifs is 1. The first kappa shape index (κ1) is 18.7. The Labute approximate surface area is 169 Å². The molecule has 1 heterocycles. The van der Waals surface area contributed by atoms with E-state index in [4.69, 9.17) is 4.74 Å². The summed E-state index contributed by atoms with van der Waals surface area (Å²) >= 11 is 0. The highest BCUT2D eigenvalue weighted by Crippen LogP contribution is 2.29. The summed E-state index contributed by atoms with van der Waals surface area (Å²) < 4.78 is 5.14. The van der Waals surface area contributed by atoms with Crippen LogP contribution in [0, 0.1) is 0 Å². The van der Waals surface area contributed by atoms with Crippen molar-refractivity contribution in [1.29, 1.82) is 0 Å². The normalized spacial score (nSPS) is 12.4. The van der Waals surface area contributed by atoms with Gasteiger partial charge in [-0.25, -0.2) is 0 Å². The first-order chi connectivity index (χ1) is 14.2. The van der Waals surface area contributed by atoms with Gasteiger partial charge in [-0.05, 0) is 53.9 Å². The minimum Gasteiger partial charge on any atom is -0.497 e. The average Bonchev–Trinajstić information content (AvgIpc) is 3.21. The number of anilines is 1. The van der Waals surface area contributed by atoms with Gasteiger partial charge in [0.15, 0.2) is 0 Å². The van der Waals surface area contributed by atoms with Crippen molar-refractivity contribution in [1.82, 2.24) is 5.32 Å². The van der Waals surface area contributed by atoms with Crippen LogP contribution in [-0.2, 0) is 13.0 Å². The quantitative estimate of drug-likeness (QED) is 0.725. The minimum atomic E-state index is -0.211. The van der Waals surface area contributed by atoms with Crippen LogP contribution in [0.5, 0.6) is 5.75 Å². The smallest absolute Gasteiger partial charge is 0.258 e. The van der Waals surface area contributed by atoms with E-state index in [1.54, 1.807) is 36.3 Å². The fourth-order valence-corrected chi connectivity index (χ4v) is 3.53. The molecule has 5 nitrogen and oxygen atoms in total. The van der Waals surface area contributed by atoms with Crippen LogP contribution in [0.1, 0.15) is 31.8 Å². The van der Waals surface area contributed by atoms with Crippen LogP contribution in [0.3, 0.4) is 0 Å². The zero-order chi connectivity index (χ0) is 20.2. The number of methoxy groups -OCH3 is 1. The molecular weight excluding hydrogens is 364 g/mol. The highest BCUT2D eigenvalue weighted by atomic mass is 16.5. The zero-order valence-corrected chi connectivity index (χ0v) is 16.2. The van der Waals surface area contributed by atoms with E-state index >= 15 is 0 Å². The number of nitrogens with one attached hydrogen (secondary N) is 1. The molecule has 0 fully saturated rings. The van der Waals surface area contributed by atoms with E-state index in [0.717, 1.165) is 23.4 Å². The van der Waals surface area contributed by atoms with E-state index in [1.165, 1.54) is 5.56 Å². The van der Waals surface area contributed by atoms with Crippen molar-refractivity contribution in [2.45, 2.75) is 13.0 Å². The SMILES string of the molecule is COc1ccc(CNC(=O)c2cccc(C(=O)N3CCc4ccccc43)c2)cc1. The number of amides is 2. The fraction of sp³-hybridized carbons (Fsp3) is 0.167. The topological polar surface area (TPSA) is 58.6 Å². The molecule has 0 unspecified atom stereocenters. The lowest BCUT2D eigenvalue weighted by Crippen LogP contribution is -2.29. The van der Waals surface area contributed by atoms with Gasteiger partial charge in [0.1, 0.15) is 5.75 Å². The van der Waals surface area contributed by atoms with Crippen molar-refractivity contribution >= 4 is 17.5 Å². The third-order valence-corrected chi connectivity index (χ3v) is 5.12. The van der Waals surface area contributed by atoms with Gasteiger partial charge in [-0.3, -0.25) is 9.59 Å². The Kier molecular flexibility index (Phi) is 5.29. The third-order valence-electron chi connectivity index (χ3n) is 5.12. The summed E-state index contributed by atoms with van der Waals surface area (Å²) in [7, 11) is 1.62. The van der Waals surface area contributed by atoms with Crippen LogP contribution < -0.4 is 15.0 Å². The molecule has 0 bridgehead atoms. The molecule has 0 radical (unpaired) electrons. The molecule has 5 heteroatoms. The predicted octanol–water partition coefficient (Wildman–Crippen LogP) is 3.83. The Morgan fingerprint density at radius 2 is 1.72 bits per heavy atom. The van der Waals surface area contributed by atoms with Crippen LogP contribution in [0.25, 0.3) is 0 Å². The van der Waals surface area contributed by atoms with E-state index in [0.29, 0.717) is 24.2 Å². The first-order valence-corrected chi connectivity index (χ1v) is 9.56. The van der Waals surface area contributed by atoms with Crippen molar-refractivity contribution < 1.29 is 14.3 Å². The van der Waals surface area contributed by atoms with Crippen molar-refractivity contribution in [2.24, 2.45) is 0 Å². The summed E-state index contributed by atoms with van der Waals surface area (Å²) in [6.45, 7) is 1.06. The van der Waals surface area contributed by atoms with Gasteiger partial charge >= 0.3 is 0 Å². The lowest BCUT2D eigenvalue weighted by Gasteiger charge is -2.17. The molecule has 0 aromatic heterocycles. The van der Waals surface area contributed by atoms with Crippen LogP contribution in [0.15, 0.2) is 72.8 Å². The Hall–Kier alpha value is -3.60. The maximum Gasteiger partial charge on any atom is 0.258 e. The second kappa shape index (κ2) is 8.19. The average molecular weight is 386 g/mol. The van der Waals surface area contributed by atoms with E-state index in [1.807, 2.05) is 48.5 Å². The Balaban J connectivity index is 1.45. The number of para-hydroxylation sites is 1. The molecule has 0 aliphatic carbocycles. The van der Waals surface area contributed by atoms with Crippen LogP contribution in [0.4, 0.5) is 5.69 Å². The number of carbonyl (C=O) groups excluding carboxylic acids is 2. The van der Waals surface area contributed by atoms with Gasteiger partial charge in [0, 0.05) is 29.9 Å². The standard InChI is InChI=1S/C24H22N2O3/c1-29-21-11-9-17(10-12-21)16-25-23(27)19-6-4-7-20(15-19)24(28)26-14-13-18-5-2-3-8-22(18)26/h2-12,15H,13-14,16H2,1H3,(H,25,27). The molecule has 29 heavy (non-hydrogen) atoms. The summed E-state index contributed by atoms with van der Waals surface area (Å²) in [4.78, 5) is 27.4. The van der Waals surface area contributed by atoms with Gasteiger partial charge in [0.2, 0.25) is 0 Å². The van der Waals surface area contributed by atoms with Crippen LogP contribution >= 0.6 is 0 Å². The highest BCUT2D eigenvalue weighted by molar-refractivity contribution is 6.08. The first-order valence-electron chi connectivity index (χ1n) is 9.56. The van der Waals surface area contributed by atoms with Crippen LogP contribution in [0.2, 0.25) is 0 Å². The van der Waals surface area contributed by atoms with Crippen molar-refractivity contribution in [3.05, 3.63) is 95.1 Å². The Morgan fingerprint density at radius 3 is 2.52 bits per heavy atom. The third kappa shape index (κ3) is 3.99. The van der Waals surface area contributed by atoms with Gasteiger partial charge in [-0.15, -0.1) is 0 Å². The number of rotatable bonds is 5. The molecule has 146 valence electrons. The lowest BCUT2D eigenvalue weighted by atomic mass is 10.1.